The summed E-state index contributed by atoms with van der Waals surface area (Å²) in [5.74, 6) is -4.28. The van der Waals surface area contributed by atoms with E-state index in [2.05, 4.69) is 4.74 Å². The number of ether oxygens (including phenoxy) is 1. The number of aliphatic hydroxyl groups is 1. The molecule has 1 atom stereocenters. The highest BCUT2D eigenvalue weighted by atomic mass is 19.4. The number of alkyl halides is 5. The SMILES string of the molecule is N[C@@H](c1cccc(OC(F)(F)F)c1)C(F)(F)CO. The number of hydrogen-bond acceptors (Lipinski definition) is 3. The summed E-state index contributed by atoms with van der Waals surface area (Å²) in [6.07, 6.45) is -4.91. The van der Waals surface area contributed by atoms with Crippen LogP contribution in [0.15, 0.2) is 24.3 Å². The van der Waals surface area contributed by atoms with E-state index in [0.717, 1.165) is 24.3 Å². The predicted molar refractivity (Wildman–Crippen MR) is 52.1 cm³/mol. The molecule has 8 heteroatoms. The van der Waals surface area contributed by atoms with Gasteiger partial charge in [-0.05, 0) is 17.7 Å². The summed E-state index contributed by atoms with van der Waals surface area (Å²) in [6.45, 7) is -1.50. The van der Waals surface area contributed by atoms with Crippen LogP contribution in [0.5, 0.6) is 5.75 Å². The Kier molecular flexibility index (Phi) is 4.12. The van der Waals surface area contributed by atoms with Crippen LogP contribution in [-0.2, 0) is 0 Å². The lowest BCUT2D eigenvalue weighted by molar-refractivity contribution is -0.274. The third-order valence-electron chi connectivity index (χ3n) is 2.12. The summed E-state index contributed by atoms with van der Waals surface area (Å²) in [4.78, 5) is 0. The normalized spacial score (nSPS) is 14.4. The molecule has 0 aliphatic heterocycles. The molecule has 18 heavy (non-hydrogen) atoms. The molecule has 0 saturated heterocycles. The van der Waals surface area contributed by atoms with Crippen molar-refractivity contribution in [2.75, 3.05) is 6.61 Å². The molecule has 1 rings (SSSR count). The fourth-order valence-electron chi connectivity index (χ4n) is 1.25. The molecular formula is C10H10F5NO2. The number of hydrogen-bond donors (Lipinski definition) is 2. The van der Waals surface area contributed by atoms with Gasteiger partial charge >= 0.3 is 6.36 Å². The molecule has 3 N–H and O–H groups in total. The van der Waals surface area contributed by atoms with Gasteiger partial charge in [0.2, 0.25) is 0 Å². The minimum Gasteiger partial charge on any atom is -0.406 e. The maximum Gasteiger partial charge on any atom is 0.573 e. The maximum atomic E-state index is 13.1. The van der Waals surface area contributed by atoms with Gasteiger partial charge in [0.1, 0.15) is 12.4 Å². The first-order chi connectivity index (χ1) is 8.15. The molecule has 0 radical (unpaired) electrons. The zero-order valence-corrected chi connectivity index (χ0v) is 8.92. The summed E-state index contributed by atoms with van der Waals surface area (Å²) < 4.78 is 65.5. The molecule has 0 bridgehead atoms. The van der Waals surface area contributed by atoms with Crippen LogP contribution < -0.4 is 10.5 Å². The predicted octanol–water partition coefficient (Wildman–Crippen LogP) is 2.21. The largest absolute Gasteiger partial charge is 0.573 e. The Hall–Kier alpha value is -1.41. The Balaban J connectivity index is 2.95. The average molecular weight is 271 g/mol. The van der Waals surface area contributed by atoms with E-state index in [1.165, 1.54) is 0 Å². The van der Waals surface area contributed by atoms with Crippen LogP contribution in [0.3, 0.4) is 0 Å². The maximum absolute atomic E-state index is 13.1. The average Bonchev–Trinajstić information content (AvgIpc) is 2.26. The standard InChI is InChI=1S/C10H10F5NO2/c11-9(12,5-17)8(16)6-2-1-3-7(4-6)18-10(13,14)15/h1-4,8,17H,5,16H2/t8-/m0/s1. The van der Waals surface area contributed by atoms with Gasteiger partial charge < -0.3 is 15.6 Å². The summed E-state index contributed by atoms with van der Waals surface area (Å²) in [6, 6.07) is 2.02. The molecule has 1 aromatic carbocycles. The molecule has 0 saturated carbocycles. The molecule has 0 aliphatic rings. The molecular weight excluding hydrogens is 261 g/mol. The van der Waals surface area contributed by atoms with E-state index < -0.39 is 30.7 Å². The lowest BCUT2D eigenvalue weighted by atomic mass is 10.0. The lowest BCUT2D eigenvalue weighted by Gasteiger charge is -2.22. The summed E-state index contributed by atoms with van der Waals surface area (Å²) >= 11 is 0. The molecule has 0 aromatic heterocycles. The quantitative estimate of drug-likeness (QED) is 0.825. The van der Waals surface area contributed by atoms with E-state index >= 15 is 0 Å². The molecule has 0 aliphatic carbocycles. The third-order valence-corrected chi connectivity index (χ3v) is 2.12. The van der Waals surface area contributed by atoms with Crippen molar-refractivity contribution in [1.82, 2.24) is 0 Å². The van der Waals surface area contributed by atoms with Gasteiger partial charge in [0.25, 0.3) is 5.92 Å². The number of halogens is 5. The first-order valence-corrected chi connectivity index (χ1v) is 4.75. The Labute approximate surface area is 99.0 Å². The van der Waals surface area contributed by atoms with Crippen LogP contribution in [0, 0.1) is 0 Å². The van der Waals surface area contributed by atoms with Crippen LogP contribution in [0.4, 0.5) is 22.0 Å². The zero-order valence-electron chi connectivity index (χ0n) is 8.92. The number of nitrogens with two attached hydrogens (primary N) is 1. The van der Waals surface area contributed by atoms with Gasteiger partial charge in [-0.1, -0.05) is 12.1 Å². The fraction of sp³-hybridized carbons (Fsp3) is 0.400. The first kappa shape index (κ1) is 14.7. The van der Waals surface area contributed by atoms with E-state index in [9.17, 15) is 22.0 Å². The van der Waals surface area contributed by atoms with E-state index in [-0.39, 0.29) is 5.56 Å². The van der Waals surface area contributed by atoms with Crippen molar-refractivity contribution in [3.05, 3.63) is 29.8 Å². The highest BCUT2D eigenvalue weighted by Crippen LogP contribution is 2.31. The highest BCUT2D eigenvalue weighted by molar-refractivity contribution is 5.31. The second-order valence-electron chi connectivity index (χ2n) is 3.52. The van der Waals surface area contributed by atoms with Gasteiger partial charge in [0, 0.05) is 0 Å². The third kappa shape index (κ3) is 3.81. The van der Waals surface area contributed by atoms with Crippen molar-refractivity contribution < 1.29 is 31.8 Å². The Bertz CT molecular complexity index is 407. The summed E-state index contributed by atoms with van der Waals surface area (Å²) in [7, 11) is 0. The second kappa shape index (κ2) is 5.07. The Morgan fingerprint density at radius 2 is 1.83 bits per heavy atom. The van der Waals surface area contributed by atoms with E-state index in [0.29, 0.717) is 0 Å². The van der Waals surface area contributed by atoms with Crippen molar-refractivity contribution >= 4 is 0 Å². The Morgan fingerprint density at radius 3 is 2.33 bits per heavy atom. The molecule has 102 valence electrons. The summed E-state index contributed by atoms with van der Waals surface area (Å²) in [5.41, 5.74) is 4.90. The van der Waals surface area contributed by atoms with Crippen LogP contribution in [0.25, 0.3) is 0 Å². The minimum absolute atomic E-state index is 0.268. The Morgan fingerprint density at radius 1 is 1.22 bits per heavy atom. The number of aliphatic hydroxyl groups excluding tert-OH is 1. The van der Waals surface area contributed by atoms with Crippen LogP contribution >= 0.6 is 0 Å². The zero-order chi connectivity index (χ0) is 14.0. The lowest BCUT2D eigenvalue weighted by Crippen LogP contribution is -2.36. The smallest absolute Gasteiger partial charge is 0.406 e. The molecule has 3 nitrogen and oxygen atoms in total. The number of benzene rings is 1. The van der Waals surface area contributed by atoms with E-state index in [4.69, 9.17) is 10.8 Å². The van der Waals surface area contributed by atoms with Crippen LogP contribution in [0.1, 0.15) is 11.6 Å². The van der Waals surface area contributed by atoms with Crippen molar-refractivity contribution in [2.45, 2.75) is 18.3 Å². The molecule has 0 unspecified atom stereocenters. The van der Waals surface area contributed by atoms with Gasteiger partial charge in [-0.3, -0.25) is 0 Å². The molecule has 0 amide bonds. The molecule has 0 fully saturated rings. The second-order valence-corrected chi connectivity index (χ2v) is 3.52. The van der Waals surface area contributed by atoms with Gasteiger partial charge in [-0.15, -0.1) is 13.2 Å². The van der Waals surface area contributed by atoms with Crippen molar-refractivity contribution in [2.24, 2.45) is 5.73 Å². The van der Waals surface area contributed by atoms with Crippen molar-refractivity contribution in [3.63, 3.8) is 0 Å². The van der Waals surface area contributed by atoms with Gasteiger partial charge in [-0.2, -0.15) is 0 Å². The van der Waals surface area contributed by atoms with Gasteiger partial charge in [0.15, 0.2) is 0 Å². The fourth-order valence-corrected chi connectivity index (χ4v) is 1.25. The van der Waals surface area contributed by atoms with Crippen molar-refractivity contribution in [3.8, 4) is 5.75 Å². The van der Waals surface area contributed by atoms with Gasteiger partial charge in [0.05, 0.1) is 6.04 Å². The van der Waals surface area contributed by atoms with Gasteiger partial charge in [-0.25, -0.2) is 8.78 Å². The van der Waals surface area contributed by atoms with Crippen LogP contribution in [-0.4, -0.2) is 24.0 Å². The van der Waals surface area contributed by atoms with E-state index in [1.807, 2.05) is 0 Å². The monoisotopic (exact) mass is 271 g/mol. The van der Waals surface area contributed by atoms with Crippen molar-refractivity contribution in [1.29, 1.82) is 0 Å². The number of rotatable bonds is 4. The molecule has 1 aromatic rings. The topological polar surface area (TPSA) is 55.5 Å². The minimum atomic E-state index is -4.91. The molecule has 0 spiro atoms. The van der Waals surface area contributed by atoms with Crippen LogP contribution in [0.2, 0.25) is 0 Å². The molecule has 0 heterocycles. The van der Waals surface area contributed by atoms with E-state index in [1.54, 1.807) is 0 Å². The first-order valence-electron chi connectivity index (χ1n) is 4.75. The highest BCUT2D eigenvalue weighted by Gasteiger charge is 2.38. The summed E-state index contributed by atoms with van der Waals surface area (Å²) in [5, 5.41) is 8.44.